The van der Waals surface area contributed by atoms with E-state index < -0.39 is 0 Å². The Labute approximate surface area is 111 Å². The maximum absolute atomic E-state index is 12.1. The SMILES string of the molecule is Cl.O=C(c1cc(Cl)ccc1O)N1CCNCC1. The second kappa shape index (κ2) is 6.10. The monoisotopic (exact) mass is 276 g/mol. The van der Waals surface area contributed by atoms with Crippen LogP contribution < -0.4 is 5.32 Å². The van der Waals surface area contributed by atoms with Crippen LogP contribution in [0.2, 0.25) is 5.02 Å². The van der Waals surface area contributed by atoms with Gasteiger partial charge in [0, 0.05) is 31.2 Å². The van der Waals surface area contributed by atoms with E-state index in [4.69, 9.17) is 11.6 Å². The summed E-state index contributed by atoms with van der Waals surface area (Å²) in [5, 5.41) is 13.2. The van der Waals surface area contributed by atoms with Gasteiger partial charge in [-0.3, -0.25) is 4.79 Å². The van der Waals surface area contributed by atoms with E-state index in [0.29, 0.717) is 18.1 Å². The predicted octanol–water partition coefficient (Wildman–Crippen LogP) is 1.51. The fraction of sp³-hybridized carbons (Fsp3) is 0.364. The summed E-state index contributed by atoms with van der Waals surface area (Å²) < 4.78 is 0. The van der Waals surface area contributed by atoms with Gasteiger partial charge >= 0.3 is 0 Å². The minimum Gasteiger partial charge on any atom is -0.507 e. The molecule has 1 aliphatic heterocycles. The number of hydrogen-bond acceptors (Lipinski definition) is 3. The Balaban J connectivity index is 0.00000144. The Morgan fingerprint density at radius 3 is 2.65 bits per heavy atom. The molecule has 0 aliphatic carbocycles. The van der Waals surface area contributed by atoms with Gasteiger partial charge in [0.1, 0.15) is 5.75 Å². The third kappa shape index (κ3) is 3.25. The molecule has 1 heterocycles. The molecule has 1 aromatic rings. The number of carbonyl (C=O) groups is 1. The average molecular weight is 277 g/mol. The molecule has 17 heavy (non-hydrogen) atoms. The molecule has 0 saturated carbocycles. The standard InChI is InChI=1S/C11H13ClN2O2.ClH/c12-8-1-2-10(15)9(7-8)11(16)14-5-3-13-4-6-14;/h1-2,7,13,15H,3-6H2;1H. The summed E-state index contributed by atoms with van der Waals surface area (Å²) in [5.74, 6) is -0.186. The minimum atomic E-state index is -0.165. The largest absolute Gasteiger partial charge is 0.507 e. The highest BCUT2D eigenvalue weighted by Gasteiger charge is 2.20. The number of aromatic hydroxyl groups is 1. The van der Waals surface area contributed by atoms with E-state index in [1.165, 1.54) is 12.1 Å². The fourth-order valence-corrected chi connectivity index (χ4v) is 1.89. The number of phenols is 1. The maximum atomic E-state index is 12.1. The lowest BCUT2D eigenvalue weighted by molar-refractivity contribution is 0.0733. The Morgan fingerprint density at radius 1 is 1.35 bits per heavy atom. The van der Waals surface area contributed by atoms with E-state index in [2.05, 4.69) is 5.32 Å². The Morgan fingerprint density at radius 2 is 2.00 bits per heavy atom. The Hall–Kier alpha value is -0.970. The molecule has 0 bridgehead atoms. The number of carbonyl (C=O) groups excluding carboxylic acids is 1. The van der Waals surface area contributed by atoms with Crippen molar-refractivity contribution < 1.29 is 9.90 Å². The van der Waals surface area contributed by atoms with Crippen LogP contribution in [-0.2, 0) is 0 Å². The number of nitrogens with one attached hydrogen (secondary N) is 1. The van der Waals surface area contributed by atoms with Crippen LogP contribution in [0.4, 0.5) is 0 Å². The molecule has 0 aromatic heterocycles. The molecule has 1 fully saturated rings. The number of nitrogens with zero attached hydrogens (tertiary/aromatic N) is 1. The predicted molar refractivity (Wildman–Crippen MR) is 69.1 cm³/mol. The molecule has 0 unspecified atom stereocenters. The number of halogens is 2. The zero-order valence-corrected chi connectivity index (χ0v) is 10.7. The molecular formula is C11H14Cl2N2O2. The van der Waals surface area contributed by atoms with Gasteiger partial charge in [0.2, 0.25) is 0 Å². The number of piperazine rings is 1. The van der Waals surface area contributed by atoms with E-state index in [9.17, 15) is 9.90 Å². The zero-order chi connectivity index (χ0) is 11.5. The molecule has 1 aliphatic rings. The maximum Gasteiger partial charge on any atom is 0.257 e. The van der Waals surface area contributed by atoms with Gasteiger partial charge < -0.3 is 15.3 Å². The van der Waals surface area contributed by atoms with Crippen molar-refractivity contribution in [1.29, 1.82) is 0 Å². The van der Waals surface area contributed by atoms with Crippen molar-refractivity contribution in [1.82, 2.24) is 10.2 Å². The highest BCUT2D eigenvalue weighted by molar-refractivity contribution is 6.31. The molecule has 1 amide bonds. The van der Waals surface area contributed by atoms with E-state index >= 15 is 0 Å². The van der Waals surface area contributed by atoms with Crippen molar-refractivity contribution in [2.24, 2.45) is 0 Å². The summed E-state index contributed by atoms with van der Waals surface area (Å²) >= 11 is 5.81. The van der Waals surface area contributed by atoms with Crippen LogP contribution in [0.1, 0.15) is 10.4 Å². The van der Waals surface area contributed by atoms with Gasteiger partial charge in [-0.2, -0.15) is 0 Å². The molecule has 2 N–H and O–H groups in total. The number of hydrogen-bond donors (Lipinski definition) is 2. The van der Waals surface area contributed by atoms with Gasteiger partial charge in [-0.25, -0.2) is 0 Å². The second-order valence-corrected chi connectivity index (χ2v) is 4.14. The lowest BCUT2D eigenvalue weighted by Gasteiger charge is -2.27. The molecular weight excluding hydrogens is 263 g/mol. The van der Waals surface area contributed by atoms with E-state index in [-0.39, 0.29) is 29.6 Å². The molecule has 0 atom stereocenters. The topological polar surface area (TPSA) is 52.6 Å². The van der Waals surface area contributed by atoms with Crippen molar-refractivity contribution >= 4 is 29.9 Å². The molecule has 6 heteroatoms. The van der Waals surface area contributed by atoms with Crippen molar-refractivity contribution in [3.05, 3.63) is 28.8 Å². The van der Waals surface area contributed by atoms with Gasteiger partial charge in [0.05, 0.1) is 5.56 Å². The van der Waals surface area contributed by atoms with E-state index in [0.717, 1.165) is 13.1 Å². The van der Waals surface area contributed by atoms with Crippen molar-refractivity contribution in [3.8, 4) is 5.75 Å². The lowest BCUT2D eigenvalue weighted by atomic mass is 10.1. The quantitative estimate of drug-likeness (QED) is 0.818. The highest BCUT2D eigenvalue weighted by Crippen LogP contribution is 2.23. The summed E-state index contributed by atoms with van der Waals surface area (Å²) in [5.41, 5.74) is 0.273. The van der Waals surface area contributed by atoms with Crippen molar-refractivity contribution in [2.45, 2.75) is 0 Å². The minimum absolute atomic E-state index is 0. The number of rotatable bonds is 1. The van der Waals surface area contributed by atoms with Crippen molar-refractivity contribution in [2.75, 3.05) is 26.2 Å². The molecule has 1 saturated heterocycles. The zero-order valence-electron chi connectivity index (χ0n) is 9.15. The normalized spacial score (nSPS) is 15.2. The van der Waals surface area contributed by atoms with Gasteiger partial charge in [-0.15, -0.1) is 12.4 Å². The first-order valence-electron chi connectivity index (χ1n) is 5.17. The van der Waals surface area contributed by atoms with Gasteiger partial charge in [0.15, 0.2) is 0 Å². The van der Waals surface area contributed by atoms with Crippen LogP contribution in [0.3, 0.4) is 0 Å². The van der Waals surface area contributed by atoms with Gasteiger partial charge in [0.25, 0.3) is 5.91 Å². The Bertz CT molecular complexity index is 406. The summed E-state index contributed by atoms with van der Waals surface area (Å²) in [7, 11) is 0. The number of amides is 1. The summed E-state index contributed by atoms with van der Waals surface area (Å²) in [4.78, 5) is 13.8. The van der Waals surface area contributed by atoms with Crippen LogP contribution in [0.5, 0.6) is 5.75 Å². The first kappa shape index (κ1) is 14.1. The third-order valence-corrected chi connectivity index (χ3v) is 2.83. The first-order chi connectivity index (χ1) is 7.68. The van der Waals surface area contributed by atoms with Crippen LogP contribution >= 0.6 is 24.0 Å². The second-order valence-electron chi connectivity index (χ2n) is 3.70. The molecule has 4 nitrogen and oxygen atoms in total. The van der Waals surface area contributed by atoms with Crippen LogP contribution in [0, 0.1) is 0 Å². The third-order valence-electron chi connectivity index (χ3n) is 2.59. The smallest absolute Gasteiger partial charge is 0.257 e. The summed E-state index contributed by atoms with van der Waals surface area (Å²) in [6.45, 7) is 2.88. The van der Waals surface area contributed by atoms with E-state index in [1.807, 2.05) is 0 Å². The highest BCUT2D eigenvalue weighted by atomic mass is 35.5. The fourth-order valence-electron chi connectivity index (χ4n) is 1.72. The molecule has 1 aromatic carbocycles. The molecule has 0 spiro atoms. The lowest BCUT2D eigenvalue weighted by Crippen LogP contribution is -2.46. The average Bonchev–Trinajstić information content (AvgIpc) is 2.32. The molecule has 94 valence electrons. The Kier molecular flexibility index (Phi) is 5.05. The molecule has 0 radical (unpaired) electrons. The van der Waals surface area contributed by atoms with Crippen LogP contribution in [-0.4, -0.2) is 42.1 Å². The number of benzene rings is 1. The van der Waals surface area contributed by atoms with Gasteiger partial charge in [-0.1, -0.05) is 11.6 Å². The van der Waals surface area contributed by atoms with E-state index in [1.54, 1.807) is 11.0 Å². The first-order valence-corrected chi connectivity index (χ1v) is 5.55. The number of phenolic OH excluding ortho intramolecular Hbond substituents is 1. The van der Waals surface area contributed by atoms with Crippen LogP contribution in [0.25, 0.3) is 0 Å². The van der Waals surface area contributed by atoms with Crippen LogP contribution in [0.15, 0.2) is 18.2 Å². The molecule has 2 rings (SSSR count). The van der Waals surface area contributed by atoms with Gasteiger partial charge in [-0.05, 0) is 18.2 Å². The summed E-state index contributed by atoms with van der Waals surface area (Å²) in [6.07, 6.45) is 0. The van der Waals surface area contributed by atoms with Crippen molar-refractivity contribution in [3.63, 3.8) is 0 Å². The summed E-state index contributed by atoms with van der Waals surface area (Å²) in [6, 6.07) is 4.50.